The maximum Gasteiger partial charge on any atom is 0.0794 e. The van der Waals surface area contributed by atoms with E-state index < -0.39 is 0 Å². The fourth-order valence-electron chi connectivity index (χ4n) is 4.10. The molecule has 0 aromatic carbocycles. The van der Waals surface area contributed by atoms with Gasteiger partial charge in [-0.2, -0.15) is 0 Å². The second-order valence-corrected chi connectivity index (χ2v) is 8.95. The molecule has 1 atom stereocenters. The summed E-state index contributed by atoms with van der Waals surface area (Å²) in [6.07, 6.45) is 8.94. The van der Waals surface area contributed by atoms with Crippen LogP contribution in [0.4, 0.5) is 0 Å². The largest absolute Gasteiger partial charge is 0.308 e. The summed E-state index contributed by atoms with van der Waals surface area (Å²) in [6.45, 7) is 10.5. The lowest BCUT2D eigenvalue weighted by molar-refractivity contribution is 0.00365. The van der Waals surface area contributed by atoms with E-state index in [-0.39, 0.29) is 0 Å². The Labute approximate surface area is 133 Å². The highest BCUT2D eigenvalue weighted by atomic mass is 32.1. The van der Waals surface area contributed by atoms with Crippen molar-refractivity contribution in [2.75, 3.05) is 13.1 Å². The maximum absolute atomic E-state index is 4.26. The Balaban J connectivity index is 1.77. The van der Waals surface area contributed by atoms with Gasteiger partial charge in [0.1, 0.15) is 0 Å². The molecule has 2 heterocycles. The van der Waals surface area contributed by atoms with Crippen LogP contribution < -0.4 is 5.32 Å². The van der Waals surface area contributed by atoms with Gasteiger partial charge in [0.05, 0.1) is 5.51 Å². The Bertz CT molecular complexity index is 443. The third-order valence-corrected chi connectivity index (χ3v) is 6.03. The maximum atomic E-state index is 4.26. The van der Waals surface area contributed by atoms with Gasteiger partial charge < -0.3 is 5.32 Å². The van der Waals surface area contributed by atoms with Crippen LogP contribution in [-0.4, -0.2) is 34.6 Å². The second kappa shape index (κ2) is 5.98. The van der Waals surface area contributed by atoms with Gasteiger partial charge in [0.15, 0.2) is 0 Å². The molecule has 4 heteroatoms. The van der Waals surface area contributed by atoms with E-state index in [1.165, 1.54) is 43.5 Å². The Morgan fingerprint density at radius 2 is 2.10 bits per heavy atom. The average molecular weight is 308 g/mol. The van der Waals surface area contributed by atoms with E-state index in [9.17, 15) is 0 Å². The Kier molecular flexibility index (Phi) is 4.40. The molecule has 0 bridgehead atoms. The number of hydrogen-bond acceptors (Lipinski definition) is 4. The van der Waals surface area contributed by atoms with Gasteiger partial charge >= 0.3 is 0 Å². The molecule has 2 aliphatic rings. The van der Waals surface area contributed by atoms with Crippen molar-refractivity contribution >= 4 is 11.3 Å². The van der Waals surface area contributed by atoms with Crippen LogP contribution in [0.15, 0.2) is 11.7 Å². The number of thiazole rings is 1. The molecular formula is C17H29N3S. The van der Waals surface area contributed by atoms with Gasteiger partial charge in [-0.05, 0) is 18.3 Å². The van der Waals surface area contributed by atoms with Crippen molar-refractivity contribution in [3.63, 3.8) is 0 Å². The van der Waals surface area contributed by atoms with Gasteiger partial charge in [-0.1, -0.05) is 40.0 Å². The predicted octanol–water partition coefficient (Wildman–Crippen LogP) is 3.67. The summed E-state index contributed by atoms with van der Waals surface area (Å²) in [5, 5.41) is 3.95. The number of piperazine rings is 1. The molecule has 1 N–H and O–H groups in total. The monoisotopic (exact) mass is 307 g/mol. The number of nitrogens with one attached hydrogen (secondary N) is 1. The molecule has 2 fully saturated rings. The zero-order valence-electron chi connectivity index (χ0n) is 13.7. The topological polar surface area (TPSA) is 28.2 Å². The molecule has 1 saturated heterocycles. The SMILES string of the molecule is CC(C)(C)C1CNC2(CCCCC2)CN1Cc1cncs1. The molecule has 1 aliphatic carbocycles. The van der Waals surface area contributed by atoms with Crippen LogP contribution in [0.2, 0.25) is 0 Å². The first-order chi connectivity index (χ1) is 9.99. The van der Waals surface area contributed by atoms with Crippen LogP contribution in [0.3, 0.4) is 0 Å². The van der Waals surface area contributed by atoms with Crippen LogP contribution in [0.25, 0.3) is 0 Å². The first-order valence-electron chi connectivity index (χ1n) is 8.35. The van der Waals surface area contributed by atoms with Gasteiger partial charge in [0.2, 0.25) is 0 Å². The normalized spacial score (nSPS) is 27.1. The summed E-state index contributed by atoms with van der Waals surface area (Å²) in [5.41, 5.74) is 2.65. The minimum absolute atomic E-state index is 0.313. The third kappa shape index (κ3) is 3.49. The van der Waals surface area contributed by atoms with Crippen LogP contribution in [0.5, 0.6) is 0 Å². The van der Waals surface area contributed by atoms with Gasteiger partial charge in [-0.15, -0.1) is 11.3 Å². The molecule has 118 valence electrons. The van der Waals surface area contributed by atoms with E-state index in [1.807, 2.05) is 11.7 Å². The third-order valence-electron chi connectivity index (χ3n) is 5.27. The standard InChI is InChI=1S/C17H29N3S/c1-16(2,3)15-10-19-17(7-5-4-6-8-17)12-20(15)11-14-9-18-13-21-14/h9,13,15,19H,4-8,10-12H2,1-3H3. The molecule has 3 rings (SSSR count). The Morgan fingerprint density at radius 1 is 1.33 bits per heavy atom. The molecular weight excluding hydrogens is 278 g/mol. The molecule has 21 heavy (non-hydrogen) atoms. The first-order valence-corrected chi connectivity index (χ1v) is 9.23. The van der Waals surface area contributed by atoms with E-state index in [0.717, 1.165) is 13.1 Å². The zero-order chi connectivity index (χ0) is 14.9. The lowest BCUT2D eigenvalue weighted by Gasteiger charge is -2.53. The first kappa shape index (κ1) is 15.4. The van der Waals surface area contributed by atoms with E-state index >= 15 is 0 Å². The molecule has 1 aliphatic heterocycles. The number of nitrogens with zero attached hydrogens (tertiary/aromatic N) is 2. The van der Waals surface area contributed by atoms with Crippen LogP contribution in [0.1, 0.15) is 57.8 Å². The van der Waals surface area contributed by atoms with Crippen LogP contribution >= 0.6 is 11.3 Å². The highest BCUT2D eigenvalue weighted by Crippen LogP contribution is 2.36. The Hall–Kier alpha value is -0.450. The van der Waals surface area contributed by atoms with Crippen molar-refractivity contribution in [3.05, 3.63) is 16.6 Å². The van der Waals surface area contributed by atoms with Crippen molar-refractivity contribution in [2.24, 2.45) is 5.41 Å². The number of aromatic nitrogens is 1. The summed E-state index contributed by atoms with van der Waals surface area (Å²) >= 11 is 1.79. The fraction of sp³-hybridized carbons (Fsp3) is 0.824. The van der Waals surface area contributed by atoms with Gasteiger partial charge in [-0.3, -0.25) is 9.88 Å². The van der Waals surface area contributed by atoms with Crippen LogP contribution in [-0.2, 0) is 6.54 Å². The number of hydrogen-bond donors (Lipinski definition) is 1. The van der Waals surface area contributed by atoms with E-state index in [4.69, 9.17) is 0 Å². The van der Waals surface area contributed by atoms with Crippen LogP contribution in [0, 0.1) is 5.41 Å². The summed E-state index contributed by atoms with van der Waals surface area (Å²) < 4.78 is 0. The van der Waals surface area contributed by atoms with Crippen molar-refractivity contribution in [3.8, 4) is 0 Å². The number of rotatable bonds is 2. The van der Waals surface area contributed by atoms with Crippen molar-refractivity contribution in [1.29, 1.82) is 0 Å². The highest BCUT2D eigenvalue weighted by Gasteiger charge is 2.43. The smallest absolute Gasteiger partial charge is 0.0794 e. The predicted molar refractivity (Wildman–Crippen MR) is 89.6 cm³/mol. The zero-order valence-corrected chi connectivity index (χ0v) is 14.5. The van der Waals surface area contributed by atoms with E-state index in [0.29, 0.717) is 17.0 Å². The van der Waals surface area contributed by atoms with Gasteiger partial charge in [-0.25, -0.2) is 0 Å². The summed E-state index contributed by atoms with van der Waals surface area (Å²) in [6, 6.07) is 0.604. The molecule has 0 radical (unpaired) electrons. The lowest BCUT2D eigenvalue weighted by Crippen LogP contribution is -2.66. The quantitative estimate of drug-likeness (QED) is 0.903. The molecule has 1 unspecified atom stereocenters. The van der Waals surface area contributed by atoms with Crippen molar-refractivity contribution in [1.82, 2.24) is 15.2 Å². The molecule has 1 aromatic rings. The van der Waals surface area contributed by atoms with Gasteiger partial charge in [0, 0.05) is 42.3 Å². The van der Waals surface area contributed by atoms with Gasteiger partial charge in [0.25, 0.3) is 0 Å². The Morgan fingerprint density at radius 3 is 2.71 bits per heavy atom. The summed E-state index contributed by atoms with van der Waals surface area (Å²) in [7, 11) is 0. The van der Waals surface area contributed by atoms with Crippen molar-refractivity contribution < 1.29 is 0 Å². The van der Waals surface area contributed by atoms with E-state index in [1.54, 1.807) is 11.3 Å². The van der Waals surface area contributed by atoms with E-state index in [2.05, 4.69) is 36.0 Å². The van der Waals surface area contributed by atoms with Crippen molar-refractivity contribution in [2.45, 2.75) is 71.0 Å². The fourth-order valence-corrected chi connectivity index (χ4v) is 4.72. The molecule has 1 spiro atoms. The average Bonchev–Trinajstić information content (AvgIpc) is 2.91. The lowest BCUT2D eigenvalue weighted by atomic mass is 9.76. The molecule has 3 nitrogen and oxygen atoms in total. The highest BCUT2D eigenvalue weighted by molar-refractivity contribution is 7.09. The summed E-state index contributed by atoms with van der Waals surface area (Å²) in [4.78, 5) is 8.39. The summed E-state index contributed by atoms with van der Waals surface area (Å²) in [5.74, 6) is 0. The molecule has 1 aromatic heterocycles. The minimum atomic E-state index is 0.313. The molecule has 0 amide bonds. The minimum Gasteiger partial charge on any atom is -0.308 e. The second-order valence-electron chi connectivity index (χ2n) is 7.98. The molecule has 1 saturated carbocycles.